The van der Waals surface area contributed by atoms with Crippen LogP contribution < -0.4 is 10.6 Å². The zero-order valence-electron chi connectivity index (χ0n) is 10.4. The summed E-state index contributed by atoms with van der Waals surface area (Å²) in [6.07, 6.45) is 2.06. The molecule has 0 aromatic carbocycles. The first-order valence-corrected chi connectivity index (χ1v) is 6.14. The number of amides is 1. The molecule has 2 aliphatic rings. The quantitative estimate of drug-likeness (QED) is 0.712. The summed E-state index contributed by atoms with van der Waals surface area (Å²) in [4.78, 5) is 11.6. The van der Waals surface area contributed by atoms with Gasteiger partial charge in [-0.2, -0.15) is 0 Å². The van der Waals surface area contributed by atoms with Crippen LogP contribution in [0.1, 0.15) is 33.6 Å². The van der Waals surface area contributed by atoms with Crippen LogP contribution in [0.5, 0.6) is 0 Å². The maximum absolute atomic E-state index is 11.6. The van der Waals surface area contributed by atoms with Crippen molar-refractivity contribution in [2.24, 2.45) is 11.8 Å². The highest BCUT2D eigenvalue weighted by Gasteiger charge is 2.38. The molecular weight excluding hydrogens is 204 g/mol. The minimum Gasteiger partial charge on any atom is -0.444 e. The molecule has 2 rings (SSSR count). The van der Waals surface area contributed by atoms with Gasteiger partial charge in [0.2, 0.25) is 0 Å². The Bertz CT molecular complexity index is 273. The second-order valence-electron chi connectivity index (χ2n) is 6.01. The molecule has 2 fully saturated rings. The molecule has 1 aliphatic carbocycles. The highest BCUT2D eigenvalue weighted by Crippen LogP contribution is 2.33. The average molecular weight is 226 g/mol. The van der Waals surface area contributed by atoms with Gasteiger partial charge in [-0.05, 0) is 58.5 Å². The number of carbonyl (C=O) groups is 1. The van der Waals surface area contributed by atoms with Crippen molar-refractivity contribution in [3.05, 3.63) is 0 Å². The van der Waals surface area contributed by atoms with Crippen LogP contribution in [0.15, 0.2) is 0 Å². The van der Waals surface area contributed by atoms with Crippen molar-refractivity contribution < 1.29 is 9.53 Å². The summed E-state index contributed by atoms with van der Waals surface area (Å²) in [5, 5.41) is 6.41. The predicted molar refractivity (Wildman–Crippen MR) is 62.2 cm³/mol. The van der Waals surface area contributed by atoms with Crippen molar-refractivity contribution in [2.75, 3.05) is 13.1 Å². The minimum atomic E-state index is -0.407. The summed E-state index contributed by atoms with van der Waals surface area (Å²) in [5.41, 5.74) is -0.407. The first kappa shape index (κ1) is 11.7. The van der Waals surface area contributed by atoms with Crippen LogP contribution in [-0.4, -0.2) is 30.8 Å². The lowest BCUT2D eigenvalue weighted by molar-refractivity contribution is 0.0494. The maximum Gasteiger partial charge on any atom is 0.407 e. The van der Waals surface area contributed by atoms with Crippen molar-refractivity contribution in [3.8, 4) is 0 Å². The van der Waals surface area contributed by atoms with E-state index in [1.165, 1.54) is 6.42 Å². The lowest BCUT2D eigenvalue weighted by Gasteiger charge is -2.25. The SMILES string of the molecule is CC(C)(C)OC(=O)N[C@@H]1C[C@@H]2CNC[C@H]1C2. The molecule has 0 unspecified atom stereocenters. The Morgan fingerprint density at radius 2 is 2.06 bits per heavy atom. The Labute approximate surface area is 97.1 Å². The molecule has 3 atom stereocenters. The van der Waals surface area contributed by atoms with Crippen molar-refractivity contribution in [2.45, 2.75) is 45.3 Å². The summed E-state index contributed by atoms with van der Waals surface area (Å²) in [5.74, 6) is 1.32. The van der Waals surface area contributed by atoms with Crippen LogP contribution in [0.3, 0.4) is 0 Å². The Kier molecular flexibility index (Phi) is 3.10. The number of nitrogens with one attached hydrogen (secondary N) is 2. The van der Waals surface area contributed by atoms with Crippen LogP contribution in [0.2, 0.25) is 0 Å². The number of ether oxygens (including phenoxy) is 1. The molecule has 2 N–H and O–H groups in total. The smallest absolute Gasteiger partial charge is 0.407 e. The fourth-order valence-electron chi connectivity index (χ4n) is 2.74. The fraction of sp³-hybridized carbons (Fsp3) is 0.917. The van der Waals surface area contributed by atoms with Gasteiger partial charge in [0.15, 0.2) is 0 Å². The van der Waals surface area contributed by atoms with E-state index in [2.05, 4.69) is 10.6 Å². The van der Waals surface area contributed by atoms with Gasteiger partial charge in [0.25, 0.3) is 0 Å². The van der Waals surface area contributed by atoms with Crippen LogP contribution in [0.4, 0.5) is 4.79 Å². The molecule has 4 heteroatoms. The van der Waals surface area contributed by atoms with Crippen LogP contribution >= 0.6 is 0 Å². The van der Waals surface area contributed by atoms with Crippen LogP contribution in [0, 0.1) is 11.8 Å². The van der Waals surface area contributed by atoms with E-state index in [1.54, 1.807) is 0 Å². The molecule has 4 nitrogen and oxygen atoms in total. The first-order valence-electron chi connectivity index (χ1n) is 6.14. The topological polar surface area (TPSA) is 50.4 Å². The number of rotatable bonds is 1. The summed E-state index contributed by atoms with van der Waals surface area (Å²) in [6, 6.07) is 0.301. The monoisotopic (exact) mass is 226 g/mol. The standard InChI is InChI=1S/C12H22N2O2/c1-12(2,3)16-11(15)14-10-5-8-4-9(10)7-13-6-8/h8-10,13H,4-7H2,1-3H3,(H,14,15)/t8-,9-,10-/m1/s1. The average Bonchev–Trinajstić information content (AvgIpc) is 2.38. The highest BCUT2D eigenvalue weighted by molar-refractivity contribution is 5.68. The summed E-state index contributed by atoms with van der Waals surface area (Å²) in [7, 11) is 0. The van der Waals surface area contributed by atoms with Crippen molar-refractivity contribution >= 4 is 6.09 Å². The molecular formula is C12H22N2O2. The van der Waals surface area contributed by atoms with Gasteiger partial charge in [0.1, 0.15) is 5.60 Å². The number of piperidine rings is 1. The fourth-order valence-corrected chi connectivity index (χ4v) is 2.74. The molecule has 16 heavy (non-hydrogen) atoms. The van der Waals surface area contributed by atoms with Gasteiger partial charge in [0, 0.05) is 6.04 Å². The Hall–Kier alpha value is -0.770. The van der Waals surface area contributed by atoms with Crippen molar-refractivity contribution in [3.63, 3.8) is 0 Å². The van der Waals surface area contributed by atoms with E-state index in [1.807, 2.05) is 20.8 Å². The van der Waals surface area contributed by atoms with E-state index in [-0.39, 0.29) is 6.09 Å². The van der Waals surface area contributed by atoms with Crippen molar-refractivity contribution in [1.82, 2.24) is 10.6 Å². The molecule has 0 aromatic rings. The minimum absolute atomic E-state index is 0.273. The number of alkyl carbamates (subject to hydrolysis) is 1. The molecule has 92 valence electrons. The summed E-state index contributed by atoms with van der Waals surface area (Å²) >= 11 is 0. The van der Waals surface area contributed by atoms with E-state index in [4.69, 9.17) is 4.74 Å². The van der Waals surface area contributed by atoms with Crippen LogP contribution in [-0.2, 0) is 4.74 Å². The van der Waals surface area contributed by atoms with Gasteiger partial charge in [-0.25, -0.2) is 4.79 Å². The number of hydrogen-bond acceptors (Lipinski definition) is 3. The van der Waals surface area contributed by atoms with E-state index in [9.17, 15) is 4.79 Å². The zero-order valence-corrected chi connectivity index (χ0v) is 10.4. The van der Waals surface area contributed by atoms with E-state index < -0.39 is 5.60 Å². The summed E-state index contributed by atoms with van der Waals surface area (Å²) in [6.45, 7) is 7.80. The van der Waals surface area contributed by atoms with Gasteiger partial charge in [0.05, 0.1) is 0 Å². The predicted octanol–water partition coefficient (Wildman–Crippen LogP) is 1.51. The molecule has 1 heterocycles. The van der Waals surface area contributed by atoms with Crippen molar-refractivity contribution in [1.29, 1.82) is 0 Å². The highest BCUT2D eigenvalue weighted by atomic mass is 16.6. The van der Waals surface area contributed by atoms with Gasteiger partial charge >= 0.3 is 6.09 Å². The molecule has 1 saturated heterocycles. The molecule has 0 radical (unpaired) electrons. The molecule has 1 amide bonds. The number of carbonyl (C=O) groups excluding carboxylic acids is 1. The molecule has 1 saturated carbocycles. The van der Waals surface area contributed by atoms with Crippen LogP contribution in [0.25, 0.3) is 0 Å². The first-order chi connectivity index (χ1) is 7.44. The normalized spacial score (nSPS) is 33.6. The Morgan fingerprint density at radius 3 is 2.69 bits per heavy atom. The molecule has 2 bridgehead atoms. The summed E-state index contributed by atoms with van der Waals surface area (Å²) < 4.78 is 5.28. The maximum atomic E-state index is 11.6. The molecule has 0 spiro atoms. The molecule has 1 aliphatic heterocycles. The van der Waals surface area contributed by atoms with E-state index in [0.29, 0.717) is 12.0 Å². The molecule has 0 aromatic heterocycles. The third kappa shape index (κ3) is 2.88. The van der Waals surface area contributed by atoms with Gasteiger partial charge < -0.3 is 15.4 Å². The van der Waals surface area contributed by atoms with Gasteiger partial charge in [-0.1, -0.05) is 0 Å². The Morgan fingerprint density at radius 1 is 1.31 bits per heavy atom. The lowest BCUT2D eigenvalue weighted by atomic mass is 10.00. The number of fused-ring (bicyclic) bond motifs is 2. The van der Waals surface area contributed by atoms with Gasteiger partial charge in [-0.3, -0.25) is 0 Å². The largest absolute Gasteiger partial charge is 0.444 e. The van der Waals surface area contributed by atoms with E-state index in [0.717, 1.165) is 25.4 Å². The Balaban J connectivity index is 1.84. The zero-order chi connectivity index (χ0) is 11.8. The second kappa shape index (κ2) is 4.24. The third-order valence-corrected chi connectivity index (χ3v) is 3.33. The lowest BCUT2D eigenvalue weighted by Crippen LogP contribution is -2.43. The number of hydrogen-bond donors (Lipinski definition) is 2. The van der Waals surface area contributed by atoms with Gasteiger partial charge in [-0.15, -0.1) is 0 Å². The second-order valence-corrected chi connectivity index (χ2v) is 6.01. The van der Waals surface area contributed by atoms with E-state index >= 15 is 0 Å². The third-order valence-electron chi connectivity index (χ3n) is 3.33.